The molecule has 1 aromatic carbocycles. The molecule has 0 bridgehead atoms. The molecular weight excluding hydrogens is 250 g/mol. The highest BCUT2D eigenvalue weighted by molar-refractivity contribution is 5.73. The van der Waals surface area contributed by atoms with Crippen molar-refractivity contribution in [2.75, 3.05) is 13.7 Å². The van der Waals surface area contributed by atoms with Gasteiger partial charge in [0.1, 0.15) is 6.04 Å². The molecule has 1 aromatic rings. The number of aliphatic hydroxyl groups excluding tert-OH is 1. The van der Waals surface area contributed by atoms with Crippen molar-refractivity contribution in [3.8, 4) is 0 Å². The fraction of sp³-hybridized carbons (Fsp3) is 0.385. The van der Waals surface area contributed by atoms with Crippen LogP contribution in [0.15, 0.2) is 30.3 Å². The van der Waals surface area contributed by atoms with Crippen LogP contribution in [0.4, 0.5) is 0 Å². The molecular formula is C13H19NO5. The first-order chi connectivity index (χ1) is 9.01. The molecule has 0 aliphatic carbocycles. The number of ether oxygens (including phenoxy) is 1. The summed E-state index contributed by atoms with van der Waals surface area (Å²) in [6.45, 7) is -0.173. The van der Waals surface area contributed by atoms with E-state index < -0.39 is 12.0 Å². The summed E-state index contributed by atoms with van der Waals surface area (Å²) in [5, 5.41) is 16.2. The fourth-order valence-electron chi connectivity index (χ4n) is 1.10. The zero-order valence-corrected chi connectivity index (χ0v) is 10.8. The molecule has 19 heavy (non-hydrogen) atoms. The van der Waals surface area contributed by atoms with E-state index in [2.05, 4.69) is 4.74 Å². The maximum Gasteiger partial charge on any atom is 0.320 e. The quantitative estimate of drug-likeness (QED) is 0.658. The molecule has 4 N–H and O–H groups in total. The number of esters is 1. The van der Waals surface area contributed by atoms with Gasteiger partial charge >= 0.3 is 11.9 Å². The number of carboxylic acid groups (broad SMARTS) is 1. The van der Waals surface area contributed by atoms with Gasteiger partial charge in [-0.05, 0) is 12.0 Å². The molecule has 0 spiro atoms. The van der Waals surface area contributed by atoms with Crippen molar-refractivity contribution in [3.05, 3.63) is 35.9 Å². The van der Waals surface area contributed by atoms with Gasteiger partial charge in [-0.1, -0.05) is 30.3 Å². The van der Waals surface area contributed by atoms with E-state index in [1.54, 1.807) is 0 Å². The number of methoxy groups -OCH3 is 1. The van der Waals surface area contributed by atoms with E-state index in [1.165, 1.54) is 7.11 Å². The molecule has 0 amide bonds. The predicted molar refractivity (Wildman–Crippen MR) is 69.5 cm³/mol. The van der Waals surface area contributed by atoms with Crippen molar-refractivity contribution in [3.63, 3.8) is 0 Å². The lowest BCUT2D eigenvalue weighted by Gasteiger charge is -2.00. The Kier molecular flexibility index (Phi) is 9.03. The average molecular weight is 269 g/mol. The van der Waals surface area contributed by atoms with Crippen molar-refractivity contribution in [2.24, 2.45) is 5.73 Å². The third kappa shape index (κ3) is 8.76. The molecule has 106 valence electrons. The Morgan fingerprint density at radius 1 is 1.32 bits per heavy atom. The van der Waals surface area contributed by atoms with Gasteiger partial charge in [-0.3, -0.25) is 9.59 Å². The molecule has 0 fully saturated rings. The second-order valence-corrected chi connectivity index (χ2v) is 3.70. The van der Waals surface area contributed by atoms with Gasteiger partial charge in [0, 0.05) is 6.61 Å². The highest BCUT2D eigenvalue weighted by Crippen LogP contribution is 1.99. The Morgan fingerprint density at radius 3 is 2.26 bits per heavy atom. The van der Waals surface area contributed by atoms with Crippen molar-refractivity contribution in [1.82, 2.24) is 0 Å². The highest BCUT2D eigenvalue weighted by atomic mass is 16.5. The number of carboxylic acids is 1. The van der Waals surface area contributed by atoms with Gasteiger partial charge < -0.3 is 20.7 Å². The van der Waals surface area contributed by atoms with Gasteiger partial charge in [0.15, 0.2) is 0 Å². The second-order valence-electron chi connectivity index (χ2n) is 3.70. The molecule has 0 saturated heterocycles. The zero-order chi connectivity index (χ0) is 14.7. The van der Waals surface area contributed by atoms with Crippen LogP contribution in [0, 0.1) is 0 Å². The van der Waals surface area contributed by atoms with Crippen LogP contribution >= 0.6 is 0 Å². The summed E-state index contributed by atoms with van der Waals surface area (Å²) >= 11 is 0. The van der Waals surface area contributed by atoms with Crippen LogP contribution in [0.1, 0.15) is 12.0 Å². The van der Waals surface area contributed by atoms with E-state index in [-0.39, 0.29) is 19.0 Å². The first-order valence-corrected chi connectivity index (χ1v) is 5.71. The number of nitrogens with two attached hydrogens (primary N) is 1. The molecule has 0 saturated carbocycles. The van der Waals surface area contributed by atoms with Crippen molar-refractivity contribution in [2.45, 2.75) is 18.9 Å². The SMILES string of the molecule is COC(=O)Cc1ccccc1.NC(CCO)C(=O)O. The Morgan fingerprint density at radius 2 is 1.89 bits per heavy atom. The Hall–Kier alpha value is -1.92. The maximum atomic E-state index is 10.8. The van der Waals surface area contributed by atoms with Crippen LogP contribution in [0.2, 0.25) is 0 Å². The van der Waals surface area contributed by atoms with E-state index >= 15 is 0 Å². The molecule has 1 atom stereocenters. The van der Waals surface area contributed by atoms with Gasteiger partial charge in [-0.2, -0.15) is 0 Å². The molecule has 0 aromatic heterocycles. The van der Waals surface area contributed by atoms with Crippen molar-refractivity contribution in [1.29, 1.82) is 0 Å². The zero-order valence-electron chi connectivity index (χ0n) is 10.8. The summed E-state index contributed by atoms with van der Waals surface area (Å²) in [5.41, 5.74) is 5.95. The minimum Gasteiger partial charge on any atom is -0.480 e. The summed E-state index contributed by atoms with van der Waals surface area (Å²) in [6, 6.07) is 8.60. The first kappa shape index (κ1) is 17.1. The molecule has 0 aliphatic heterocycles. The van der Waals surface area contributed by atoms with Crippen LogP contribution in [-0.4, -0.2) is 41.9 Å². The third-order valence-corrected chi connectivity index (χ3v) is 2.18. The third-order valence-electron chi connectivity index (χ3n) is 2.18. The van der Waals surface area contributed by atoms with Gasteiger partial charge in [0.25, 0.3) is 0 Å². The number of hydrogen-bond donors (Lipinski definition) is 3. The van der Waals surface area contributed by atoms with Gasteiger partial charge in [-0.15, -0.1) is 0 Å². The standard InChI is InChI=1S/C9H10O2.C4H9NO3/c1-11-9(10)7-8-5-3-2-4-6-8;5-3(1-2-6)4(7)8/h2-6H,7H2,1H3;3,6H,1-2,5H2,(H,7,8). The summed E-state index contributed by atoms with van der Waals surface area (Å²) in [4.78, 5) is 20.6. The smallest absolute Gasteiger partial charge is 0.320 e. The fourth-order valence-corrected chi connectivity index (χ4v) is 1.10. The summed E-state index contributed by atoms with van der Waals surface area (Å²) in [7, 11) is 1.39. The molecule has 0 aliphatic rings. The summed E-state index contributed by atoms with van der Waals surface area (Å²) in [6.07, 6.45) is 0.479. The van der Waals surface area contributed by atoms with E-state index in [0.717, 1.165) is 5.56 Å². The Balaban J connectivity index is 0.000000362. The minimum absolute atomic E-state index is 0.120. The number of rotatable bonds is 5. The van der Waals surface area contributed by atoms with Crippen LogP contribution < -0.4 is 5.73 Å². The normalized spacial score (nSPS) is 10.9. The van der Waals surface area contributed by atoms with Crippen LogP contribution in [0.3, 0.4) is 0 Å². The number of aliphatic carboxylic acids is 1. The second kappa shape index (κ2) is 10.0. The number of hydrogen-bond acceptors (Lipinski definition) is 5. The molecule has 1 unspecified atom stereocenters. The number of carbonyl (C=O) groups excluding carboxylic acids is 1. The van der Waals surface area contributed by atoms with Crippen LogP contribution in [-0.2, 0) is 20.7 Å². The molecule has 6 heteroatoms. The summed E-state index contributed by atoms with van der Waals surface area (Å²) < 4.78 is 4.52. The van der Waals surface area contributed by atoms with Crippen molar-refractivity contribution < 1.29 is 24.5 Å². The van der Waals surface area contributed by atoms with Crippen LogP contribution in [0.5, 0.6) is 0 Å². The lowest BCUT2D eigenvalue weighted by Crippen LogP contribution is -2.30. The minimum atomic E-state index is -1.07. The Labute approximate surface area is 111 Å². The maximum absolute atomic E-state index is 10.8. The predicted octanol–water partition coefficient (Wildman–Crippen LogP) is 0.183. The van der Waals surface area contributed by atoms with Crippen LogP contribution in [0.25, 0.3) is 0 Å². The lowest BCUT2D eigenvalue weighted by molar-refractivity contribution is -0.140. The highest BCUT2D eigenvalue weighted by Gasteiger charge is 2.08. The average Bonchev–Trinajstić information content (AvgIpc) is 2.40. The van der Waals surface area contributed by atoms with E-state index in [9.17, 15) is 9.59 Å². The monoisotopic (exact) mass is 269 g/mol. The largest absolute Gasteiger partial charge is 0.480 e. The van der Waals surface area contributed by atoms with E-state index in [4.69, 9.17) is 15.9 Å². The summed E-state index contributed by atoms with van der Waals surface area (Å²) in [5.74, 6) is -1.27. The molecule has 6 nitrogen and oxygen atoms in total. The van der Waals surface area contributed by atoms with E-state index in [1.807, 2.05) is 30.3 Å². The molecule has 0 heterocycles. The number of aliphatic hydroxyl groups is 1. The lowest BCUT2D eigenvalue weighted by atomic mass is 10.2. The number of benzene rings is 1. The first-order valence-electron chi connectivity index (χ1n) is 5.71. The molecule has 1 rings (SSSR count). The van der Waals surface area contributed by atoms with Gasteiger partial charge in [-0.25, -0.2) is 0 Å². The van der Waals surface area contributed by atoms with Gasteiger partial charge in [0.2, 0.25) is 0 Å². The topological polar surface area (TPSA) is 110 Å². The van der Waals surface area contributed by atoms with E-state index in [0.29, 0.717) is 6.42 Å². The molecule has 0 radical (unpaired) electrons. The van der Waals surface area contributed by atoms with Gasteiger partial charge in [0.05, 0.1) is 13.5 Å². The van der Waals surface area contributed by atoms with Crippen molar-refractivity contribution >= 4 is 11.9 Å². The Bertz CT molecular complexity index is 380. The number of carbonyl (C=O) groups is 2.